The first kappa shape index (κ1) is 23.5. The van der Waals surface area contributed by atoms with Crippen LogP contribution >= 0.6 is 26.2 Å². The molecule has 0 amide bonds. The van der Waals surface area contributed by atoms with Gasteiger partial charge in [-0.05, 0) is 30.3 Å². The molecule has 2 rings (SSSR count). The summed E-state index contributed by atoms with van der Waals surface area (Å²) < 4.78 is 116. The number of hydrogen-bond acceptors (Lipinski definition) is 6. The number of halogens is 6. The number of sulfonamides is 1. The number of aromatic hydroxyl groups is 2. The zero-order chi connectivity index (χ0) is 22.7. The first-order valence-corrected chi connectivity index (χ1v) is 13.1. The highest BCUT2D eigenvalue weighted by Crippen LogP contribution is 3.02. The van der Waals surface area contributed by atoms with Crippen LogP contribution in [0, 0.1) is 0 Å². The molecule has 0 aliphatic rings. The van der Waals surface area contributed by atoms with E-state index in [-0.39, 0.29) is 4.47 Å². The van der Waals surface area contributed by atoms with Crippen molar-refractivity contribution in [3.63, 3.8) is 0 Å². The average molecular weight is 548 g/mol. The number of sulfone groups is 1. The summed E-state index contributed by atoms with van der Waals surface area (Å²) in [6, 6.07) is 2.05. The topological polar surface area (TPSA) is 121 Å². The molecule has 0 spiro atoms. The third kappa shape index (κ3) is 5.23. The molecule has 2 aromatic carbocycles. The zero-order valence-electron chi connectivity index (χ0n) is 13.9. The maximum absolute atomic E-state index is 13.2. The summed E-state index contributed by atoms with van der Waals surface area (Å²) in [5.41, 5.74) is -1.48. The van der Waals surface area contributed by atoms with Crippen LogP contribution in [0.15, 0.2) is 49.5 Å². The molecule has 0 fully saturated rings. The minimum Gasteiger partial charge on any atom is -0.507 e. The molecule has 0 aliphatic heterocycles. The third-order valence-electron chi connectivity index (χ3n) is 3.35. The lowest BCUT2D eigenvalue weighted by Gasteiger charge is -2.40. The Bertz CT molecular complexity index is 1230. The van der Waals surface area contributed by atoms with Crippen molar-refractivity contribution in [2.45, 2.75) is 14.7 Å². The number of benzene rings is 2. The van der Waals surface area contributed by atoms with Gasteiger partial charge >= 0.3 is 10.2 Å². The first-order valence-electron chi connectivity index (χ1n) is 6.94. The molecule has 0 unspecified atom stereocenters. The Morgan fingerprint density at radius 2 is 1.48 bits per heavy atom. The molecule has 0 saturated heterocycles. The van der Waals surface area contributed by atoms with E-state index < -0.39 is 74.1 Å². The summed E-state index contributed by atoms with van der Waals surface area (Å²) in [5, 5.41) is 19.6. The third-order valence-corrected chi connectivity index (χ3v) is 7.47. The van der Waals surface area contributed by atoms with Crippen molar-refractivity contribution in [1.82, 2.24) is 0 Å². The normalized spacial score (nSPS) is 15.4. The molecule has 0 aromatic heterocycles. The number of anilines is 1. The van der Waals surface area contributed by atoms with Gasteiger partial charge in [0.1, 0.15) is 20.4 Å². The minimum atomic E-state index is -10.5. The Kier molecular flexibility index (Phi) is 4.96. The molecule has 0 radical (unpaired) electrons. The van der Waals surface area contributed by atoms with E-state index in [1.807, 2.05) is 0 Å². The second-order valence-corrected chi connectivity index (χ2v) is 12.7. The van der Waals surface area contributed by atoms with Crippen molar-refractivity contribution in [2.24, 2.45) is 0 Å². The minimum absolute atomic E-state index is 0.123. The van der Waals surface area contributed by atoms with Crippen LogP contribution in [-0.4, -0.2) is 33.3 Å². The predicted molar refractivity (Wildman–Crippen MR) is 99.2 cm³/mol. The van der Waals surface area contributed by atoms with E-state index in [9.17, 15) is 46.5 Å². The molecule has 29 heavy (non-hydrogen) atoms. The van der Waals surface area contributed by atoms with Gasteiger partial charge in [0.05, 0.1) is 5.69 Å². The van der Waals surface area contributed by atoms with E-state index in [0.29, 0.717) is 6.26 Å². The summed E-state index contributed by atoms with van der Waals surface area (Å²) >= 11 is 2.90. The lowest BCUT2D eigenvalue weighted by Crippen LogP contribution is -2.16. The van der Waals surface area contributed by atoms with Crippen molar-refractivity contribution < 1.29 is 46.5 Å². The van der Waals surface area contributed by atoms with Gasteiger partial charge in [0.15, 0.2) is 15.6 Å². The summed E-state index contributed by atoms with van der Waals surface area (Å²) in [6.45, 7) is 0. The number of phenols is 2. The van der Waals surface area contributed by atoms with Gasteiger partial charge in [0.2, 0.25) is 0 Å². The van der Waals surface area contributed by atoms with Crippen LogP contribution in [0.2, 0.25) is 0 Å². The molecule has 0 atom stereocenters. The summed E-state index contributed by atoms with van der Waals surface area (Å²) in [5.74, 6) is -2.39. The number of hydrogen-bond donors (Lipinski definition) is 3. The smallest absolute Gasteiger partial charge is 0.310 e. The lowest BCUT2D eigenvalue weighted by molar-refractivity contribution is 0.363. The molecule has 16 heteroatoms. The fourth-order valence-corrected chi connectivity index (χ4v) is 5.32. The first-order chi connectivity index (χ1) is 12.6. The maximum atomic E-state index is 13.2. The second kappa shape index (κ2) is 6.12. The van der Waals surface area contributed by atoms with Crippen molar-refractivity contribution in [3.05, 3.63) is 34.8 Å². The Morgan fingerprint density at radius 3 is 1.97 bits per heavy atom. The summed E-state index contributed by atoms with van der Waals surface area (Å²) in [4.78, 5) is -5.19. The van der Waals surface area contributed by atoms with E-state index in [1.165, 1.54) is 10.8 Å². The SMILES string of the molecule is CS(=O)(=O)c1cc(S(F)(F)(F)(F)F)cc(NS(=O)(=O)c2cc(Br)ccc2O)c1O. The Labute approximate surface area is 170 Å². The monoisotopic (exact) mass is 547 g/mol. The fourth-order valence-electron chi connectivity index (χ4n) is 2.07. The number of phenolic OH excluding ortho intramolecular Hbond substituents is 2. The van der Waals surface area contributed by atoms with Crippen molar-refractivity contribution in [2.75, 3.05) is 11.0 Å². The van der Waals surface area contributed by atoms with Gasteiger partial charge < -0.3 is 10.2 Å². The Morgan fingerprint density at radius 1 is 0.931 bits per heavy atom. The van der Waals surface area contributed by atoms with E-state index in [4.69, 9.17) is 0 Å². The van der Waals surface area contributed by atoms with Gasteiger partial charge in [0.25, 0.3) is 10.0 Å². The van der Waals surface area contributed by atoms with Crippen LogP contribution in [0.1, 0.15) is 0 Å². The molecule has 0 heterocycles. The highest BCUT2D eigenvalue weighted by Gasteiger charge is 2.66. The highest BCUT2D eigenvalue weighted by molar-refractivity contribution is 9.10. The molecule has 2 aromatic rings. The maximum Gasteiger partial charge on any atom is 0.310 e. The Balaban J connectivity index is 2.81. The van der Waals surface area contributed by atoms with Crippen LogP contribution in [0.25, 0.3) is 0 Å². The molecule has 164 valence electrons. The summed E-state index contributed by atoms with van der Waals surface area (Å²) in [7, 11) is -20.1. The lowest BCUT2D eigenvalue weighted by atomic mass is 10.3. The zero-order valence-corrected chi connectivity index (χ0v) is 17.9. The molecular formula is C13H11BrF5NO6S3. The number of rotatable bonds is 5. The molecule has 0 saturated carbocycles. The van der Waals surface area contributed by atoms with Crippen LogP contribution in [0.4, 0.5) is 25.1 Å². The van der Waals surface area contributed by atoms with Gasteiger partial charge in [-0.25, -0.2) is 16.8 Å². The molecule has 7 nitrogen and oxygen atoms in total. The van der Waals surface area contributed by atoms with Gasteiger partial charge in [-0.15, -0.1) is 0 Å². The largest absolute Gasteiger partial charge is 0.507 e. The fraction of sp³-hybridized carbons (Fsp3) is 0.0769. The van der Waals surface area contributed by atoms with Crippen LogP contribution in [-0.2, 0) is 19.9 Å². The standard InChI is InChI=1S/C13H11BrF5NO6S3/c1-27(23,24)12-6-8(29(15,16,17,18)19)5-9(13(12)22)20-28(25,26)11-4-7(14)2-3-10(11)21/h2-6,20-22H,1H3. The van der Waals surface area contributed by atoms with Crippen molar-refractivity contribution >= 4 is 51.7 Å². The second-order valence-electron chi connectivity index (χ2n) is 5.78. The van der Waals surface area contributed by atoms with Crippen LogP contribution in [0.5, 0.6) is 11.5 Å². The van der Waals surface area contributed by atoms with Crippen LogP contribution < -0.4 is 4.72 Å². The van der Waals surface area contributed by atoms with Gasteiger partial charge in [-0.2, -0.15) is 0 Å². The van der Waals surface area contributed by atoms with E-state index in [2.05, 4.69) is 15.9 Å². The average Bonchev–Trinajstić information content (AvgIpc) is 2.47. The van der Waals surface area contributed by atoms with Gasteiger partial charge in [-0.1, -0.05) is 35.4 Å². The quantitative estimate of drug-likeness (QED) is 0.368. The van der Waals surface area contributed by atoms with Crippen molar-refractivity contribution in [1.29, 1.82) is 0 Å². The molecule has 0 aliphatic carbocycles. The van der Waals surface area contributed by atoms with Gasteiger partial charge in [-0.3, -0.25) is 4.72 Å². The molecular weight excluding hydrogens is 537 g/mol. The highest BCUT2D eigenvalue weighted by atomic mass is 79.9. The van der Waals surface area contributed by atoms with E-state index in [0.717, 1.165) is 12.1 Å². The number of nitrogens with one attached hydrogen (secondary N) is 1. The molecule has 0 bridgehead atoms. The predicted octanol–water partition coefficient (Wildman–Crippen LogP) is 4.72. The molecule has 3 N–H and O–H groups in total. The van der Waals surface area contributed by atoms with E-state index >= 15 is 0 Å². The summed E-state index contributed by atoms with van der Waals surface area (Å²) in [6.07, 6.45) is 0.329. The van der Waals surface area contributed by atoms with Crippen molar-refractivity contribution in [3.8, 4) is 11.5 Å². The van der Waals surface area contributed by atoms with Crippen LogP contribution in [0.3, 0.4) is 0 Å². The van der Waals surface area contributed by atoms with Gasteiger partial charge in [0, 0.05) is 10.7 Å². The Hall–Kier alpha value is -1.78. The van der Waals surface area contributed by atoms with E-state index in [1.54, 1.807) is 0 Å².